The number of hydrogen-bond acceptors (Lipinski definition) is 4. The van der Waals surface area contributed by atoms with Gasteiger partial charge in [-0.05, 0) is 12.1 Å². The molecule has 2 N–H and O–H groups in total. The van der Waals surface area contributed by atoms with Gasteiger partial charge in [-0.15, -0.1) is 11.3 Å². The number of thiazole rings is 1. The Labute approximate surface area is 119 Å². The Bertz CT molecular complexity index is 715. The van der Waals surface area contributed by atoms with E-state index in [1.807, 2.05) is 29.9 Å². The Morgan fingerprint density at radius 1 is 1.37 bits per heavy atom. The van der Waals surface area contributed by atoms with Crippen LogP contribution in [0.2, 0.25) is 0 Å². The second kappa shape index (κ2) is 5.07. The number of benzene rings is 1. The molecule has 0 amide bonds. The quantitative estimate of drug-likeness (QED) is 0.749. The van der Waals surface area contributed by atoms with Crippen LogP contribution in [0.5, 0.6) is 0 Å². The van der Waals surface area contributed by atoms with Crippen molar-refractivity contribution in [2.24, 2.45) is 5.73 Å². The number of fused-ring (bicyclic) bond motifs is 1. The molecule has 19 heavy (non-hydrogen) atoms. The molecular formula is C13H12N4S2. The summed E-state index contributed by atoms with van der Waals surface area (Å²) in [7, 11) is 0. The standard InChI is InChI=1S/C13H12N4S2/c14-12(18)5-13-16-10-3-1-2-4-11(10)17(13)7-9-6-15-8-19-9/h1-4,6,8H,5,7H2,(H2,14,18). The van der Waals surface area contributed by atoms with Gasteiger partial charge in [0.25, 0.3) is 0 Å². The van der Waals surface area contributed by atoms with Gasteiger partial charge in [0.05, 0.1) is 34.5 Å². The lowest BCUT2D eigenvalue weighted by Gasteiger charge is -2.06. The van der Waals surface area contributed by atoms with Gasteiger partial charge < -0.3 is 10.3 Å². The fourth-order valence-corrected chi connectivity index (χ4v) is 2.78. The summed E-state index contributed by atoms with van der Waals surface area (Å²) < 4.78 is 2.15. The first kappa shape index (κ1) is 12.3. The van der Waals surface area contributed by atoms with E-state index in [4.69, 9.17) is 18.0 Å². The zero-order chi connectivity index (χ0) is 13.2. The third-order valence-electron chi connectivity index (χ3n) is 2.86. The molecule has 6 heteroatoms. The van der Waals surface area contributed by atoms with E-state index in [2.05, 4.69) is 20.6 Å². The van der Waals surface area contributed by atoms with Crippen molar-refractivity contribution < 1.29 is 0 Å². The van der Waals surface area contributed by atoms with Crippen LogP contribution in [0.3, 0.4) is 0 Å². The second-order valence-corrected chi connectivity index (χ2v) is 5.71. The van der Waals surface area contributed by atoms with E-state index in [0.717, 1.165) is 23.4 Å². The van der Waals surface area contributed by atoms with Crippen LogP contribution < -0.4 is 5.73 Å². The van der Waals surface area contributed by atoms with E-state index < -0.39 is 0 Å². The Balaban J connectivity index is 2.10. The lowest BCUT2D eigenvalue weighted by Crippen LogP contribution is -2.15. The van der Waals surface area contributed by atoms with Crippen molar-refractivity contribution in [1.29, 1.82) is 0 Å². The van der Waals surface area contributed by atoms with Crippen LogP contribution in [0.1, 0.15) is 10.7 Å². The van der Waals surface area contributed by atoms with Gasteiger partial charge in [0.2, 0.25) is 0 Å². The van der Waals surface area contributed by atoms with E-state index in [9.17, 15) is 0 Å². The highest BCUT2D eigenvalue weighted by atomic mass is 32.1. The molecule has 0 aliphatic heterocycles. The monoisotopic (exact) mass is 288 g/mol. The third-order valence-corrected chi connectivity index (χ3v) is 3.77. The smallest absolute Gasteiger partial charge is 0.117 e. The Morgan fingerprint density at radius 3 is 2.95 bits per heavy atom. The molecule has 0 unspecified atom stereocenters. The van der Waals surface area contributed by atoms with Gasteiger partial charge in [-0.25, -0.2) is 4.98 Å². The molecule has 0 aliphatic carbocycles. The summed E-state index contributed by atoms with van der Waals surface area (Å²) in [5.74, 6) is 0.905. The molecule has 0 fully saturated rings. The SMILES string of the molecule is NC(=S)Cc1nc2ccccc2n1Cc1cncs1. The maximum Gasteiger partial charge on any atom is 0.117 e. The number of aromatic nitrogens is 3. The molecule has 0 spiro atoms. The number of nitrogens with zero attached hydrogens (tertiary/aromatic N) is 3. The Hall–Kier alpha value is -1.79. The molecule has 0 atom stereocenters. The average Bonchev–Trinajstić information content (AvgIpc) is 2.99. The van der Waals surface area contributed by atoms with Crippen LogP contribution in [-0.4, -0.2) is 19.5 Å². The minimum atomic E-state index is 0.459. The molecule has 0 saturated heterocycles. The van der Waals surface area contributed by atoms with Gasteiger partial charge in [-0.3, -0.25) is 4.98 Å². The third kappa shape index (κ3) is 2.50. The molecule has 4 nitrogen and oxygen atoms in total. The molecule has 0 aliphatic rings. The maximum atomic E-state index is 5.66. The molecule has 0 radical (unpaired) electrons. The highest BCUT2D eigenvalue weighted by molar-refractivity contribution is 7.80. The summed E-state index contributed by atoms with van der Waals surface area (Å²) in [4.78, 5) is 10.4. The van der Waals surface area contributed by atoms with Crippen LogP contribution in [0, 0.1) is 0 Å². The highest BCUT2D eigenvalue weighted by Gasteiger charge is 2.12. The van der Waals surface area contributed by atoms with Gasteiger partial charge >= 0.3 is 0 Å². The van der Waals surface area contributed by atoms with Gasteiger partial charge in [0, 0.05) is 11.1 Å². The minimum absolute atomic E-state index is 0.459. The summed E-state index contributed by atoms with van der Waals surface area (Å²) in [6.07, 6.45) is 2.40. The lowest BCUT2D eigenvalue weighted by atomic mass is 10.3. The summed E-state index contributed by atoms with van der Waals surface area (Å²) in [5, 5.41) is 0. The lowest BCUT2D eigenvalue weighted by molar-refractivity contribution is 0.783. The van der Waals surface area contributed by atoms with Crippen molar-refractivity contribution in [3.05, 3.63) is 46.7 Å². The Kier molecular flexibility index (Phi) is 3.27. The zero-order valence-electron chi connectivity index (χ0n) is 10.1. The van der Waals surface area contributed by atoms with Gasteiger partial charge in [-0.1, -0.05) is 24.4 Å². The van der Waals surface area contributed by atoms with Crippen LogP contribution in [0.15, 0.2) is 36.0 Å². The number of rotatable bonds is 4. The van der Waals surface area contributed by atoms with E-state index >= 15 is 0 Å². The maximum absolute atomic E-state index is 5.66. The van der Waals surface area contributed by atoms with Crippen molar-refractivity contribution in [3.63, 3.8) is 0 Å². The molecule has 2 aromatic heterocycles. The van der Waals surface area contributed by atoms with E-state index in [-0.39, 0.29) is 0 Å². The molecule has 2 heterocycles. The predicted molar refractivity (Wildman–Crippen MR) is 81.4 cm³/mol. The van der Waals surface area contributed by atoms with Gasteiger partial charge in [0.1, 0.15) is 5.82 Å². The van der Waals surface area contributed by atoms with Crippen molar-refractivity contribution in [3.8, 4) is 0 Å². The van der Waals surface area contributed by atoms with Crippen molar-refractivity contribution in [2.45, 2.75) is 13.0 Å². The zero-order valence-corrected chi connectivity index (χ0v) is 11.7. The Morgan fingerprint density at radius 2 is 2.21 bits per heavy atom. The first-order valence-electron chi connectivity index (χ1n) is 5.84. The summed E-state index contributed by atoms with van der Waals surface area (Å²) >= 11 is 6.64. The highest BCUT2D eigenvalue weighted by Crippen LogP contribution is 2.19. The van der Waals surface area contributed by atoms with E-state index in [0.29, 0.717) is 11.4 Å². The van der Waals surface area contributed by atoms with Crippen LogP contribution in [-0.2, 0) is 13.0 Å². The number of nitrogens with two attached hydrogens (primary N) is 1. The number of para-hydroxylation sites is 2. The number of imidazole rings is 1. The first-order chi connectivity index (χ1) is 9.24. The fourth-order valence-electron chi connectivity index (χ4n) is 2.07. The van der Waals surface area contributed by atoms with Crippen LogP contribution >= 0.6 is 23.6 Å². The summed E-state index contributed by atoms with van der Waals surface area (Å²) in [6, 6.07) is 8.06. The average molecular weight is 288 g/mol. The topological polar surface area (TPSA) is 56.7 Å². The number of hydrogen-bond donors (Lipinski definition) is 1. The molecular weight excluding hydrogens is 276 g/mol. The summed E-state index contributed by atoms with van der Waals surface area (Å²) in [5.41, 5.74) is 9.56. The first-order valence-corrected chi connectivity index (χ1v) is 7.12. The van der Waals surface area contributed by atoms with Crippen LogP contribution in [0.4, 0.5) is 0 Å². The largest absolute Gasteiger partial charge is 0.393 e. The predicted octanol–water partition coefficient (Wildman–Crippen LogP) is 2.37. The normalized spacial score (nSPS) is 10.9. The van der Waals surface area contributed by atoms with E-state index in [1.165, 1.54) is 4.88 Å². The van der Waals surface area contributed by atoms with Crippen LogP contribution in [0.25, 0.3) is 11.0 Å². The molecule has 3 aromatic rings. The molecule has 0 bridgehead atoms. The van der Waals surface area contributed by atoms with Crippen molar-refractivity contribution in [2.75, 3.05) is 0 Å². The molecule has 96 valence electrons. The van der Waals surface area contributed by atoms with Gasteiger partial charge in [-0.2, -0.15) is 0 Å². The second-order valence-electron chi connectivity index (χ2n) is 4.21. The van der Waals surface area contributed by atoms with Gasteiger partial charge in [0.15, 0.2) is 0 Å². The molecule has 1 aromatic carbocycles. The molecule has 3 rings (SSSR count). The van der Waals surface area contributed by atoms with Crippen molar-refractivity contribution in [1.82, 2.24) is 14.5 Å². The van der Waals surface area contributed by atoms with E-state index in [1.54, 1.807) is 11.3 Å². The minimum Gasteiger partial charge on any atom is -0.393 e. The fraction of sp³-hybridized carbons (Fsp3) is 0.154. The van der Waals surface area contributed by atoms with Crippen molar-refractivity contribution >= 4 is 39.6 Å². The number of thiocarbonyl (C=S) groups is 1. The summed E-state index contributed by atoms with van der Waals surface area (Å²) in [6.45, 7) is 0.753. The molecule has 0 saturated carbocycles.